The number of nitrogens with one attached hydrogen (secondary N) is 1. The standard InChI is InChI=1S/C15H12F3NO.C2H7N/c16-15(17,18)14-8-11(4-6-19-14)12-3-1-2-10-5-7-20-9-13(10)12;1-3-2/h1-4,6,8H,5,7,9H2;3H,1-2H3. The Morgan fingerprint density at radius 3 is 2.61 bits per heavy atom. The zero-order valence-electron chi connectivity index (χ0n) is 13.1. The van der Waals surface area contributed by atoms with Gasteiger partial charge in [-0.15, -0.1) is 0 Å². The molecule has 0 amide bonds. The third-order valence-corrected chi connectivity index (χ3v) is 3.40. The average Bonchev–Trinajstić information content (AvgIpc) is 2.54. The van der Waals surface area contributed by atoms with Gasteiger partial charge in [0.15, 0.2) is 0 Å². The van der Waals surface area contributed by atoms with Crippen molar-refractivity contribution in [2.24, 2.45) is 0 Å². The van der Waals surface area contributed by atoms with E-state index in [4.69, 9.17) is 4.74 Å². The molecule has 124 valence electrons. The molecule has 0 bridgehead atoms. The third-order valence-electron chi connectivity index (χ3n) is 3.40. The van der Waals surface area contributed by atoms with Crippen molar-refractivity contribution in [3.05, 3.63) is 53.3 Å². The molecule has 0 saturated carbocycles. The molecule has 1 aromatic carbocycles. The van der Waals surface area contributed by atoms with Gasteiger partial charge in [-0.2, -0.15) is 13.2 Å². The van der Waals surface area contributed by atoms with Gasteiger partial charge in [0.2, 0.25) is 0 Å². The van der Waals surface area contributed by atoms with Crippen molar-refractivity contribution in [2.45, 2.75) is 19.2 Å². The molecule has 23 heavy (non-hydrogen) atoms. The van der Waals surface area contributed by atoms with E-state index in [0.717, 1.165) is 29.2 Å². The van der Waals surface area contributed by atoms with E-state index in [9.17, 15) is 13.2 Å². The van der Waals surface area contributed by atoms with Crippen molar-refractivity contribution in [2.75, 3.05) is 20.7 Å². The summed E-state index contributed by atoms with van der Waals surface area (Å²) in [6.07, 6.45) is -2.44. The summed E-state index contributed by atoms with van der Waals surface area (Å²) in [5, 5.41) is 2.75. The number of pyridine rings is 1. The summed E-state index contributed by atoms with van der Waals surface area (Å²) in [6.45, 7) is 1.09. The summed E-state index contributed by atoms with van der Waals surface area (Å²) in [4.78, 5) is 3.39. The Labute approximate surface area is 133 Å². The molecule has 2 aromatic rings. The van der Waals surface area contributed by atoms with Crippen molar-refractivity contribution in [1.29, 1.82) is 0 Å². The summed E-state index contributed by atoms with van der Waals surface area (Å²) in [6, 6.07) is 8.37. The zero-order chi connectivity index (χ0) is 16.9. The number of rotatable bonds is 1. The number of hydrogen-bond donors (Lipinski definition) is 1. The highest BCUT2D eigenvalue weighted by molar-refractivity contribution is 5.69. The maximum Gasteiger partial charge on any atom is 0.433 e. The molecule has 1 aliphatic heterocycles. The van der Waals surface area contributed by atoms with Gasteiger partial charge in [-0.05, 0) is 54.9 Å². The minimum atomic E-state index is -4.43. The number of aromatic nitrogens is 1. The van der Waals surface area contributed by atoms with Gasteiger partial charge in [0.05, 0.1) is 13.2 Å². The second-order valence-corrected chi connectivity index (χ2v) is 5.17. The Morgan fingerprint density at radius 1 is 1.17 bits per heavy atom. The third kappa shape index (κ3) is 4.30. The number of fused-ring (bicyclic) bond motifs is 1. The Bertz CT molecular complexity index is 657. The van der Waals surface area contributed by atoms with E-state index in [1.807, 2.05) is 32.3 Å². The van der Waals surface area contributed by atoms with Crippen LogP contribution in [0.3, 0.4) is 0 Å². The van der Waals surface area contributed by atoms with Crippen LogP contribution in [0.1, 0.15) is 16.8 Å². The second-order valence-electron chi connectivity index (χ2n) is 5.17. The van der Waals surface area contributed by atoms with Crippen LogP contribution in [0.5, 0.6) is 0 Å². The molecule has 0 atom stereocenters. The highest BCUT2D eigenvalue weighted by atomic mass is 19.4. The average molecular weight is 324 g/mol. The zero-order valence-corrected chi connectivity index (χ0v) is 13.1. The van der Waals surface area contributed by atoms with E-state index in [1.54, 1.807) is 6.07 Å². The lowest BCUT2D eigenvalue weighted by Crippen LogP contribution is -2.11. The summed E-state index contributed by atoms with van der Waals surface area (Å²) >= 11 is 0. The first-order valence-corrected chi connectivity index (χ1v) is 7.28. The topological polar surface area (TPSA) is 34.1 Å². The largest absolute Gasteiger partial charge is 0.433 e. The fourth-order valence-electron chi connectivity index (χ4n) is 2.42. The molecule has 1 aromatic heterocycles. The first kappa shape index (κ1) is 17.4. The summed E-state index contributed by atoms with van der Waals surface area (Å²) in [7, 11) is 3.75. The maximum absolute atomic E-state index is 12.7. The van der Waals surface area contributed by atoms with E-state index in [0.29, 0.717) is 18.8 Å². The number of halogens is 3. The summed E-state index contributed by atoms with van der Waals surface area (Å²) < 4.78 is 43.6. The second kappa shape index (κ2) is 7.57. The monoisotopic (exact) mass is 324 g/mol. The normalized spacial score (nSPS) is 13.8. The maximum atomic E-state index is 12.7. The fraction of sp³-hybridized carbons (Fsp3) is 0.353. The number of ether oxygens (including phenoxy) is 1. The van der Waals surface area contributed by atoms with Crippen LogP contribution in [-0.4, -0.2) is 25.7 Å². The van der Waals surface area contributed by atoms with Gasteiger partial charge in [0.1, 0.15) is 5.69 Å². The van der Waals surface area contributed by atoms with Crippen LogP contribution in [0.4, 0.5) is 13.2 Å². The van der Waals surface area contributed by atoms with Gasteiger partial charge >= 0.3 is 6.18 Å². The van der Waals surface area contributed by atoms with Crippen LogP contribution in [0.2, 0.25) is 0 Å². The van der Waals surface area contributed by atoms with Crippen LogP contribution in [0.15, 0.2) is 36.5 Å². The Kier molecular flexibility index (Phi) is 5.74. The fourth-order valence-corrected chi connectivity index (χ4v) is 2.42. The van der Waals surface area contributed by atoms with Crippen LogP contribution in [0, 0.1) is 0 Å². The molecule has 6 heteroatoms. The minimum Gasteiger partial charge on any atom is -0.376 e. The summed E-state index contributed by atoms with van der Waals surface area (Å²) in [5.74, 6) is 0. The van der Waals surface area contributed by atoms with Crippen LogP contribution in [-0.2, 0) is 23.9 Å². The van der Waals surface area contributed by atoms with Crippen LogP contribution >= 0.6 is 0 Å². The molecule has 3 nitrogen and oxygen atoms in total. The number of benzene rings is 1. The first-order valence-electron chi connectivity index (χ1n) is 7.28. The highest BCUT2D eigenvalue weighted by Gasteiger charge is 2.32. The lowest BCUT2D eigenvalue weighted by atomic mass is 9.93. The van der Waals surface area contributed by atoms with E-state index >= 15 is 0 Å². The highest BCUT2D eigenvalue weighted by Crippen LogP contribution is 2.33. The molecule has 0 spiro atoms. The van der Waals surface area contributed by atoms with Crippen molar-refractivity contribution in [1.82, 2.24) is 10.3 Å². The smallest absolute Gasteiger partial charge is 0.376 e. The Morgan fingerprint density at radius 2 is 1.91 bits per heavy atom. The van der Waals surface area contributed by atoms with Crippen molar-refractivity contribution in [3.63, 3.8) is 0 Å². The predicted molar refractivity (Wildman–Crippen MR) is 83.0 cm³/mol. The van der Waals surface area contributed by atoms with Gasteiger partial charge in [-0.3, -0.25) is 4.98 Å². The Balaban J connectivity index is 0.000000595. The Hall–Kier alpha value is -1.92. The first-order chi connectivity index (χ1) is 11.0. The molecular weight excluding hydrogens is 305 g/mol. The number of alkyl halides is 3. The van der Waals surface area contributed by atoms with Crippen molar-refractivity contribution < 1.29 is 17.9 Å². The van der Waals surface area contributed by atoms with Crippen LogP contribution < -0.4 is 5.32 Å². The molecule has 3 rings (SSSR count). The molecule has 0 saturated heterocycles. The molecule has 0 aliphatic carbocycles. The van der Waals surface area contributed by atoms with Crippen molar-refractivity contribution >= 4 is 0 Å². The predicted octanol–water partition coefficient (Wildman–Crippen LogP) is 3.68. The van der Waals surface area contributed by atoms with E-state index in [1.165, 1.54) is 6.20 Å². The summed E-state index contributed by atoms with van der Waals surface area (Å²) in [5.41, 5.74) is 2.55. The van der Waals surface area contributed by atoms with Gasteiger partial charge in [0, 0.05) is 6.20 Å². The van der Waals surface area contributed by atoms with E-state index in [-0.39, 0.29) is 0 Å². The van der Waals surface area contributed by atoms with Crippen LogP contribution in [0.25, 0.3) is 11.1 Å². The number of nitrogens with zero attached hydrogens (tertiary/aromatic N) is 1. The van der Waals surface area contributed by atoms with Gasteiger partial charge < -0.3 is 10.1 Å². The molecule has 0 fully saturated rings. The minimum absolute atomic E-state index is 0.440. The number of hydrogen-bond acceptors (Lipinski definition) is 3. The molecule has 0 radical (unpaired) electrons. The molecule has 0 unspecified atom stereocenters. The van der Waals surface area contributed by atoms with Gasteiger partial charge in [0.25, 0.3) is 0 Å². The van der Waals surface area contributed by atoms with Gasteiger partial charge in [-0.1, -0.05) is 18.2 Å². The van der Waals surface area contributed by atoms with Crippen molar-refractivity contribution in [3.8, 4) is 11.1 Å². The quantitative estimate of drug-likeness (QED) is 0.869. The lowest BCUT2D eigenvalue weighted by Gasteiger charge is -2.20. The molecular formula is C17H19F3N2O. The SMILES string of the molecule is CNC.FC(F)(F)c1cc(-c2cccc3c2COCC3)ccn1. The van der Waals surface area contributed by atoms with E-state index in [2.05, 4.69) is 10.3 Å². The van der Waals surface area contributed by atoms with E-state index < -0.39 is 11.9 Å². The molecule has 1 aliphatic rings. The molecule has 2 heterocycles. The molecule has 1 N–H and O–H groups in total. The van der Waals surface area contributed by atoms with Gasteiger partial charge in [-0.25, -0.2) is 0 Å². The lowest BCUT2D eigenvalue weighted by molar-refractivity contribution is -0.141.